The molecular weight excluding hydrogens is 379 g/mol. The van der Waals surface area contributed by atoms with E-state index in [-0.39, 0.29) is 0 Å². The lowest BCUT2D eigenvalue weighted by molar-refractivity contribution is 0.762. The topological polar surface area (TPSA) is 54.5 Å². The predicted octanol–water partition coefficient (Wildman–Crippen LogP) is 5.25. The van der Waals surface area contributed by atoms with Gasteiger partial charge in [-0.25, -0.2) is 4.98 Å². The lowest BCUT2D eigenvalue weighted by atomic mass is 10.1. The van der Waals surface area contributed by atoms with Gasteiger partial charge in [0.1, 0.15) is 5.82 Å². The number of halogens is 2. The molecule has 2 aromatic carbocycles. The minimum atomic E-state index is 0.519. The van der Waals surface area contributed by atoms with E-state index in [4.69, 9.17) is 28.2 Å². The van der Waals surface area contributed by atoms with Crippen molar-refractivity contribution in [3.05, 3.63) is 93.5 Å². The molecule has 0 saturated carbocycles. The number of nitriles is 1. The van der Waals surface area contributed by atoms with Crippen LogP contribution in [0.2, 0.25) is 10.0 Å². The van der Waals surface area contributed by atoms with Crippen molar-refractivity contribution < 1.29 is 0 Å². The van der Waals surface area contributed by atoms with Gasteiger partial charge < -0.3 is 4.57 Å². The van der Waals surface area contributed by atoms with Crippen molar-refractivity contribution in [2.45, 2.75) is 13.0 Å². The summed E-state index contributed by atoms with van der Waals surface area (Å²) in [5.74, 6) is 0.891. The minimum absolute atomic E-state index is 0.519. The van der Waals surface area contributed by atoms with Gasteiger partial charge in [-0.1, -0.05) is 23.2 Å². The van der Waals surface area contributed by atoms with Crippen LogP contribution in [0.25, 0.3) is 11.0 Å². The quantitative estimate of drug-likeness (QED) is 0.476. The molecule has 2 heterocycles. The Kier molecular flexibility index (Phi) is 4.81. The van der Waals surface area contributed by atoms with Crippen LogP contribution < -0.4 is 0 Å². The Morgan fingerprint density at radius 2 is 1.81 bits per heavy atom. The van der Waals surface area contributed by atoms with E-state index in [0.29, 0.717) is 28.6 Å². The molecule has 0 aliphatic heterocycles. The molecule has 0 unspecified atom stereocenters. The van der Waals surface area contributed by atoms with Crippen LogP contribution >= 0.6 is 23.2 Å². The van der Waals surface area contributed by atoms with Gasteiger partial charge in [-0.05, 0) is 59.7 Å². The van der Waals surface area contributed by atoms with E-state index in [2.05, 4.69) is 15.6 Å². The van der Waals surface area contributed by atoms with Crippen LogP contribution in [0.5, 0.6) is 0 Å². The van der Waals surface area contributed by atoms with Gasteiger partial charge in [-0.3, -0.25) is 4.98 Å². The molecule has 4 nitrogen and oxygen atoms in total. The zero-order valence-corrected chi connectivity index (χ0v) is 15.7. The molecule has 0 radical (unpaired) electrons. The van der Waals surface area contributed by atoms with Crippen molar-refractivity contribution in [2.75, 3.05) is 0 Å². The predicted molar refractivity (Wildman–Crippen MR) is 107 cm³/mol. The molecule has 4 rings (SSSR count). The van der Waals surface area contributed by atoms with Crippen molar-refractivity contribution in [1.29, 1.82) is 5.26 Å². The summed E-state index contributed by atoms with van der Waals surface area (Å²) in [5, 5.41) is 10.6. The molecule has 2 aromatic heterocycles. The van der Waals surface area contributed by atoms with Gasteiger partial charge in [0.15, 0.2) is 0 Å². The second kappa shape index (κ2) is 7.40. The first-order valence-electron chi connectivity index (χ1n) is 8.36. The van der Waals surface area contributed by atoms with Crippen LogP contribution in [-0.2, 0) is 13.0 Å². The van der Waals surface area contributed by atoms with Gasteiger partial charge in [0.05, 0.1) is 29.2 Å². The largest absolute Gasteiger partial charge is 0.323 e. The molecule has 0 atom stereocenters. The molecule has 0 N–H and O–H groups in total. The van der Waals surface area contributed by atoms with Crippen molar-refractivity contribution >= 4 is 34.2 Å². The molecule has 0 spiro atoms. The summed E-state index contributed by atoms with van der Waals surface area (Å²) in [6.45, 7) is 0.519. The average Bonchev–Trinajstić information content (AvgIpc) is 3.01. The summed E-state index contributed by atoms with van der Waals surface area (Å²) >= 11 is 12.5. The van der Waals surface area contributed by atoms with E-state index in [1.807, 2.05) is 30.3 Å². The first kappa shape index (κ1) is 17.5. The highest BCUT2D eigenvalue weighted by Crippen LogP contribution is 2.26. The van der Waals surface area contributed by atoms with Crippen molar-refractivity contribution in [2.24, 2.45) is 0 Å². The molecule has 0 amide bonds. The molecule has 0 aliphatic rings. The van der Waals surface area contributed by atoms with Gasteiger partial charge in [-0.15, -0.1) is 0 Å². The molecular formula is C21H14Cl2N4. The third-order valence-corrected chi connectivity index (χ3v) is 5.01. The number of hydrogen-bond donors (Lipinski definition) is 0. The SMILES string of the molecule is N#Cc1ccc2nc(Cc3ccncc3)n(Cc3cc(Cl)ccc3Cl)c2c1. The number of fused-ring (bicyclic) bond motifs is 1. The van der Waals surface area contributed by atoms with Gasteiger partial charge in [-0.2, -0.15) is 5.26 Å². The maximum Gasteiger partial charge on any atom is 0.114 e. The van der Waals surface area contributed by atoms with E-state index < -0.39 is 0 Å². The van der Waals surface area contributed by atoms with Gasteiger partial charge in [0.25, 0.3) is 0 Å². The number of pyridine rings is 1. The van der Waals surface area contributed by atoms with Crippen LogP contribution in [0, 0.1) is 11.3 Å². The maximum absolute atomic E-state index is 9.28. The highest BCUT2D eigenvalue weighted by atomic mass is 35.5. The van der Waals surface area contributed by atoms with E-state index in [0.717, 1.165) is 28.0 Å². The van der Waals surface area contributed by atoms with Gasteiger partial charge in [0, 0.05) is 28.9 Å². The number of hydrogen-bond acceptors (Lipinski definition) is 3. The summed E-state index contributed by atoms with van der Waals surface area (Å²) in [5.41, 5.74) is 4.35. The average molecular weight is 393 g/mol. The molecule has 132 valence electrons. The zero-order valence-electron chi connectivity index (χ0n) is 14.2. The summed E-state index contributed by atoms with van der Waals surface area (Å²) in [7, 11) is 0. The fraction of sp³-hybridized carbons (Fsp3) is 0.0952. The second-order valence-corrected chi connectivity index (χ2v) is 7.04. The van der Waals surface area contributed by atoms with E-state index in [1.54, 1.807) is 30.6 Å². The smallest absolute Gasteiger partial charge is 0.114 e. The van der Waals surface area contributed by atoms with Crippen LogP contribution in [0.1, 0.15) is 22.5 Å². The highest BCUT2D eigenvalue weighted by molar-refractivity contribution is 6.33. The molecule has 6 heteroatoms. The van der Waals surface area contributed by atoms with Crippen LogP contribution in [0.4, 0.5) is 0 Å². The first-order chi connectivity index (χ1) is 13.1. The summed E-state index contributed by atoms with van der Waals surface area (Å²) < 4.78 is 2.09. The minimum Gasteiger partial charge on any atom is -0.323 e. The van der Waals surface area contributed by atoms with Crippen molar-refractivity contribution in [3.63, 3.8) is 0 Å². The van der Waals surface area contributed by atoms with Gasteiger partial charge in [0.2, 0.25) is 0 Å². The molecule has 0 aliphatic carbocycles. The third kappa shape index (κ3) is 3.66. The highest BCUT2D eigenvalue weighted by Gasteiger charge is 2.14. The molecule has 27 heavy (non-hydrogen) atoms. The second-order valence-electron chi connectivity index (χ2n) is 6.20. The Balaban J connectivity index is 1.85. The van der Waals surface area contributed by atoms with E-state index in [1.165, 1.54) is 0 Å². The van der Waals surface area contributed by atoms with Crippen LogP contribution in [-0.4, -0.2) is 14.5 Å². The fourth-order valence-electron chi connectivity index (χ4n) is 3.07. The Morgan fingerprint density at radius 3 is 2.59 bits per heavy atom. The lowest BCUT2D eigenvalue weighted by Crippen LogP contribution is -2.06. The van der Waals surface area contributed by atoms with Crippen molar-refractivity contribution in [1.82, 2.24) is 14.5 Å². The monoisotopic (exact) mass is 392 g/mol. The van der Waals surface area contributed by atoms with Crippen LogP contribution in [0.15, 0.2) is 60.9 Å². The normalized spacial score (nSPS) is 10.9. The Morgan fingerprint density at radius 1 is 1.00 bits per heavy atom. The Hall–Kier alpha value is -2.87. The summed E-state index contributed by atoms with van der Waals surface area (Å²) in [6.07, 6.45) is 4.19. The van der Waals surface area contributed by atoms with Crippen molar-refractivity contribution in [3.8, 4) is 6.07 Å². The number of nitrogens with zero attached hydrogens (tertiary/aromatic N) is 4. The zero-order chi connectivity index (χ0) is 18.8. The molecule has 0 fully saturated rings. The number of rotatable bonds is 4. The Bertz CT molecular complexity index is 1160. The molecule has 0 bridgehead atoms. The Labute approximate surface area is 166 Å². The lowest BCUT2D eigenvalue weighted by Gasteiger charge is -2.11. The summed E-state index contributed by atoms with van der Waals surface area (Å²) in [6, 6.07) is 17.1. The number of imidazole rings is 1. The number of aromatic nitrogens is 3. The fourth-order valence-corrected chi connectivity index (χ4v) is 3.44. The van der Waals surface area contributed by atoms with E-state index in [9.17, 15) is 5.26 Å². The first-order valence-corrected chi connectivity index (χ1v) is 9.12. The number of benzene rings is 2. The van der Waals surface area contributed by atoms with Crippen LogP contribution in [0.3, 0.4) is 0 Å². The van der Waals surface area contributed by atoms with E-state index >= 15 is 0 Å². The van der Waals surface area contributed by atoms with Gasteiger partial charge >= 0.3 is 0 Å². The molecule has 0 saturated heterocycles. The molecule has 4 aromatic rings. The third-order valence-electron chi connectivity index (χ3n) is 4.40. The summed E-state index contributed by atoms with van der Waals surface area (Å²) in [4.78, 5) is 8.86. The standard InChI is InChI=1S/C21H14Cl2N4/c22-17-2-3-18(23)16(11-17)13-27-20-9-15(12-24)1-4-19(20)26-21(27)10-14-5-7-25-8-6-14/h1-9,11H,10,13H2. The maximum atomic E-state index is 9.28.